The number of rotatable bonds is 11. The molecule has 0 bridgehead atoms. The Labute approximate surface area is 232 Å². The fourth-order valence-electron chi connectivity index (χ4n) is 4.36. The van der Waals surface area contributed by atoms with E-state index in [1.54, 1.807) is 54.6 Å². The summed E-state index contributed by atoms with van der Waals surface area (Å²) in [4.78, 5) is 35.9. The molecule has 0 heterocycles. The minimum absolute atomic E-state index is 0.0125. The van der Waals surface area contributed by atoms with Crippen LogP contribution in [0.1, 0.15) is 52.0 Å². The molecular weight excluding hydrogens is 520 g/mol. The molecule has 1 aliphatic rings. The maximum atomic E-state index is 12.4. The van der Waals surface area contributed by atoms with E-state index in [-0.39, 0.29) is 36.9 Å². The van der Waals surface area contributed by atoms with Gasteiger partial charge in [0.25, 0.3) is 11.8 Å². The standard InChI is InChI=1S/C30H31ClN2O6/c31-24-3-1-2-20(18-24)19-38-25-10-4-21(5-11-25)28(34)32-16-17-33-29(35)22-6-12-26(13-7-22)39-27-14-8-23(9-15-27)30(36)37/h1-7,10-13,18,23,27H,8-9,14-17,19H2,(H,32,34)(H,33,35)(H,36,37). The topological polar surface area (TPSA) is 114 Å². The molecule has 0 spiro atoms. The molecule has 1 aliphatic carbocycles. The van der Waals surface area contributed by atoms with E-state index in [9.17, 15) is 14.4 Å². The monoisotopic (exact) mass is 550 g/mol. The summed E-state index contributed by atoms with van der Waals surface area (Å²) in [6.07, 6.45) is 2.62. The fourth-order valence-corrected chi connectivity index (χ4v) is 4.57. The van der Waals surface area contributed by atoms with Crippen molar-refractivity contribution in [2.24, 2.45) is 5.92 Å². The predicted octanol–water partition coefficient (Wildman–Crippen LogP) is 5.10. The van der Waals surface area contributed by atoms with Gasteiger partial charge in [-0.05, 0) is 91.9 Å². The van der Waals surface area contributed by atoms with Gasteiger partial charge in [-0.25, -0.2) is 0 Å². The van der Waals surface area contributed by atoms with Gasteiger partial charge in [-0.2, -0.15) is 0 Å². The Bertz CT molecular complexity index is 1270. The van der Waals surface area contributed by atoms with Gasteiger partial charge < -0.3 is 25.2 Å². The molecule has 0 unspecified atom stereocenters. The summed E-state index contributed by atoms with van der Waals surface area (Å²) in [6.45, 7) is 0.922. The number of halogens is 1. The Morgan fingerprint density at radius 2 is 1.36 bits per heavy atom. The molecule has 2 amide bonds. The van der Waals surface area contributed by atoms with E-state index in [2.05, 4.69) is 10.6 Å². The van der Waals surface area contributed by atoms with Gasteiger partial charge >= 0.3 is 5.97 Å². The van der Waals surface area contributed by atoms with Crippen molar-refractivity contribution in [3.8, 4) is 11.5 Å². The van der Waals surface area contributed by atoms with Crippen molar-refractivity contribution in [2.75, 3.05) is 13.1 Å². The number of benzene rings is 3. The predicted molar refractivity (Wildman–Crippen MR) is 147 cm³/mol. The molecule has 0 saturated heterocycles. The first-order chi connectivity index (χ1) is 18.9. The van der Waals surface area contributed by atoms with Gasteiger partial charge in [0.1, 0.15) is 18.1 Å². The van der Waals surface area contributed by atoms with Crippen molar-refractivity contribution in [1.29, 1.82) is 0 Å². The van der Waals surface area contributed by atoms with E-state index in [1.165, 1.54) is 0 Å². The number of carboxylic acid groups (broad SMARTS) is 1. The summed E-state index contributed by atoms with van der Waals surface area (Å²) in [5.74, 6) is -0.233. The number of carbonyl (C=O) groups is 3. The molecule has 4 rings (SSSR count). The van der Waals surface area contributed by atoms with Crippen LogP contribution in [0.2, 0.25) is 5.02 Å². The highest BCUT2D eigenvalue weighted by molar-refractivity contribution is 6.30. The van der Waals surface area contributed by atoms with Crippen LogP contribution in [-0.4, -0.2) is 42.1 Å². The molecule has 8 nitrogen and oxygen atoms in total. The summed E-state index contributed by atoms with van der Waals surface area (Å²) in [5, 5.41) is 15.3. The Morgan fingerprint density at radius 1 is 0.795 bits per heavy atom. The second-order valence-corrected chi connectivity index (χ2v) is 9.85. The van der Waals surface area contributed by atoms with E-state index < -0.39 is 5.97 Å². The van der Waals surface area contributed by atoms with E-state index in [4.69, 9.17) is 26.2 Å². The number of hydrogen-bond donors (Lipinski definition) is 3. The lowest BCUT2D eigenvalue weighted by Crippen LogP contribution is -2.34. The Hall–Kier alpha value is -4.04. The molecule has 0 radical (unpaired) electrons. The van der Waals surface area contributed by atoms with Crippen molar-refractivity contribution in [1.82, 2.24) is 10.6 Å². The fraction of sp³-hybridized carbons (Fsp3) is 0.300. The van der Waals surface area contributed by atoms with E-state index >= 15 is 0 Å². The molecule has 0 aromatic heterocycles. The Morgan fingerprint density at radius 3 is 1.90 bits per heavy atom. The molecule has 1 saturated carbocycles. The normalized spacial score (nSPS) is 16.6. The second-order valence-electron chi connectivity index (χ2n) is 9.41. The van der Waals surface area contributed by atoms with Gasteiger partial charge in [-0.15, -0.1) is 0 Å². The van der Waals surface area contributed by atoms with Crippen LogP contribution in [0.4, 0.5) is 0 Å². The van der Waals surface area contributed by atoms with Gasteiger partial charge in [0.2, 0.25) is 0 Å². The van der Waals surface area contributed by atoms with Gasteiger partial charge in [0, 0.05) is 29.2 Å². The van der Waals surface area contributed by atoms with Crippen molar-refractivity contribution in [3.63, 3.8) is 0 Å². The largest absolute Gasteiger partial charge is 0.490 e. The average molecular weight is 551 g/mol. The van der Waals surface area contributed by atoms with Gasteiger partial charge in [-0.1, -0.05) is 23.7 Å². The number of ether oxygens (including phenoxy) is 2. The summed E-state index contributed by atoms with van der Waals surface area (Å²) < 4.78 is 11.7. The highest BCUT2D eigenvalue weighted by atomic mass is 35.5. The lowest BCUT2D eigenvalue weighted by molar-refractivity contribution is -0.143. The summed E-state index contributed by atoms with van der Waals surface area (Å²) in [7, 11) is 0. The zero-order chi connectivity index (χ0) is 27.6. The maximum Gasteiger partial charge on any atom is 0.306 e. The molecule has 1 fully saturated rings. The molecule has 0 aliphatic heterocycles. The van der Waals surface area contributed by atoms with Crippen LogP contribution in [0, 0.1) is 5.92 Å². The Kier molecular flexibility index (Phi) is 9.80. The molecule has 9 heteroatoms. The minimum atomic E-state index is -0.742. The van der Waals surface area contributed by atoms with Crippen LogP contribution in [0.25, 0.3) is 0 Å². The van der Waals surface area contributed by atoms with Crippen molar-refractivity contribution < 1.29 is 29.0 Å². The lowest BCUT2D eigenvalue weighted by Gasteiger charge is -2.26. The smallest absolute Gasteiger partial charge is 0.306 e. The molecule has 3 aromatic rings. The number of carbonyl (C=O) groups excluding carboxylic acids is 2. The summed E-state index contributed by atoms with van der Waals surface area (Å²) in [5.41, 5.74) is 1.92. The highest BCUT2D eigenvalue weighted by Gasteiger charge is 2.26. The van der Waals surface area contributed by atoms with E-state index in [1.807, 2.05) is 18.2 Å². The number of amides is 2. The average Bonchev–Trinajstić information content (AvgIpc) is 2.95. The zero-order valence-corrected chi connectivity index (χ0v) is 22.2. The van der Waals surface area contributed by atoms with Crippen LogP contribution in [0.3, 0.4) is 0 Å². The maximum absolute atomic E-state index is 12.4. The first-order valence-corrected chi connectivity index (χ1v) is 13.3. The zero-order valence-electron chi connectivity index (χ0n) is 21.4. The van der Waals surface area contributed by atoms with Gasteiger partial charge in [0.05, 0.1) is 12.0 Å². The van der Waals surface area contributed by atoms with Crippen LogP contribution in [0.15, 0.2) is 72.8 Å². The molecule has 0 atom stereocenters. The SMILES string of the molecule is O=C(NCCNC(=O)c1ccc(OC2CCC(C(=O)O)CC2)cc1)c1ccc(OCc2cccc(Cl)c2)cc1. The van der Waals surface area contributed by atoms with Crippen LogP contribution >= 0.6 is 11.6 Å². The number of hydrogen-bond acceptors (Lipinski definition) is 5. The summed E-state index contributed by atoms with van der Waals surface area (Å²) >= 11 is 5.99. The second kappa shape index (κ2) is 13.7. The third-order valence-electron chi connectivity index (χ3n) is 6.55. The third kappa shape index (κ3) is 8.48. The van der Waals surface area contributed by atoms with Crippen LogP contribution in [0.5, 0.6) is 11.5 Å². The van der Waals surface area contributed by atoms with Gasteiger partial charge in [0.15, 0.2) is 0 Å². The third-order valence-corrected chi connectivity index (χ3v) is 6.78. The molecular formula is C30H31ClN2O6. The molecule has 39 heavy (non-hydrogen) atoms. The van der Waals surface area contributed by atoms with Gasteiger partial charge in [-0.3, -0.25) is 14.4 Å². The van der Waals surface area contributed by atoms with Crippen LogP contribution in [-0.2, 0) is 11.4 Å². The van der Waals surface area contributed by atoms with Crippen molar-refractivity contribution >= 4 is 29.4 Å². The quantitative estimate of drug-likeness (QED) is 0.286. The number of carboxylic acids is 1. The molecule has 3 N–H and O–H groups in total. The lowest BCUT2D eigenvalue weighted by atomic mass is 9.87. The van der Waals surface area contributed by atoms with E-state index in [0.717, 1.165) is 5.56 Å². The summed E-state index contributed by atoms with van der Waals surface area (Å²) in [6, 6.07) is 21.1. The Balaban J connectivity index is 1.14. The highest BCUT2D eigenvalue weighted by Crippen LogP contribution is 2.28. The van der Waals surface area contributed by atoms with Crippen molar-refractivity contribution in [2.45, 2.75) is 38.4 Å². The molecule has 204 valence electrons. The van der Waals surface area contributed by atoms with Crippen LogP contribution < -0.4 is 20.1 Å². The minimum Gasteiger partial charge on any atom is -0.490 e. The first kappa shape index (κ1) is 28.0. The number of aliphatic carboxylic acids is 1. The first-order valence-electron chi connectivity index (χ1n) is 12.9. The number of nitrogens with one attached hydrogen (secondary N) is 2. The van der Waals surface area contributed by atoms with Crippen molar-refractivity contribution in [3.05, 3.63) is 94.5 Å². The van der Waals surface area contributed by atoms with E-state index in [0.29, 0.717) is 59.9 Å². The molecule has 3 aromatic carbocycles.